The van der Waals surface area contributed by atoms with Crippen LogP contribution in [0.2, 0.25) is 0 Å². The van der Waals surface area contributed by atoms with Crippen LogP contribution in [0.15, 0.2) is 24.3 Å². The maximum atomic E-state index is 4.44. The summed E-state index contributed by atoms with van der Waals surface area (Å²) in [5.41, 5.74) is 3.76. The van der Waals surface area contributed by atoms with E-state index >= 15 is 0 Å². The normalized spacial score (nSPS) is 10.9. The molecule has 0 aliphatic rings. The number of nitrogens with zero attached hydrogens (tertiary/aromatic N) is 3. The van der Waals surface area contributed by atoms with E-state index in [2.05, 4.69) is 44.3 Å². The van der Waals surface area contributed by atoms with Crippen molar-refractivity contribution in [2.24, 2.45) is 0 Å². The molecule has 5 nitrogen and oxygen atoms in total. The Kier molecular flexibility index (Phi) is 2.67. The monoisotopic (exact) mass is 253 g/mol. The van der Waals surface area contributed by atoms with Gasteiger partial charge in [-0.15, -0.1) is 0 Å². The summed E-state index contributed by atoms with van der Waals surface area (Å²) >= 11 is 0. The molecule has 0 spiro atoms. The van der Waals surface area contributed by atoms with Crippen LogP contribution >= 0.6 is 0 Å². The number of rotatable bonds is 2. The molecule has 0 saturated heterocycles. The van der Waals surface area contributed by atoms with Crippen LogP contribution in [-0.2, 0) is 0 Å². The minimum atomic E-state index is 0.694. The SMILES string of the molecule is Cc1ccc(Nc2nc(C)nc3nc(C)[nH]c23)cc1. The molecule has 0 radical (unpaired) electrons. The Bertz CT molecular complexity index is 727. The largest absolute Gasteiger partial charge is 0.338 e. The number of H-pyrrole nitrogens is 1. The number of imidazole rings is 1. The summed E-state index contributed by atoms with van der Waals surface area (Å²) in [6.07, 6.45) is 0. The van der Waals surface area contributed by atoms with Crippen LogP contribution in [0.3, 0.4) is 0 Å². The first-order valence-electron chi connectivity index (χ1n) is 6.16. The summed E-state index contributed by atoms with van der Waals surface area (Å²) in [5, 5.41) is 3.31. The Balaban J connectivity index is 2.06. The third-order valence-electron chi connectivity index (χ3n) is 2.90. The Labute approximate surface area is 111 Å². The number of nitrogens with one attached hydrogen (secondary N) is 2. The molecule has 5 heteroatoms. The van der Waals surface area contributed by atoms with Gasteiger partial charge in [0.15, 0.2) is 11.5 Å². The Morgan fingerprint density at radius 1 is 0.947 bits per heavy atom. The highest BCUT2D eigenvalue weighted by atomic mass is 15.1. The van der Waals surface area contributed by atoms with Gasteiger partial charge < -0.3 is 10.3 Å². The van der Waals surface area contributed by atoms with E-state index in [4.69, 9.17) is 0 Å². The fourth-order valence-electron chi connectivity index (χ4n) is 1.99. The van der Waals surface area contributed by atoms with Gasteiger partial charge in [0.1, 0.15) is 17.2 Å². The second-order valence-electron chi connectivity index (χ2n) is 4.63. The number of hydrogen-bond acceptors (Lipinski definition) is 4. The molecule has 0 atom stereocenters. The third kappa shape index (κ3) is 2.27. The standard InChI is InChI=1S/C14H15N5/c1-8-4-6-11(7-5-8)19-14-12-13(16-9(2)15-12)17-10(3)18-14/h4-7H,1-3H3,(H2,15,16,17,18,19). The zero-order chi connectivity index (χ0) is 13.4. The first-order valence-corrected chi connectivity index (χ1v) is 6.16. The number of aromatic nitrogens is 4. The highest BCUT2D eigenvalue weighted by Gasteiger charge is 2.09. The van der Waals surface area contributed by atoms with Crippen LogP contribution in [0.4, 0.5) is 11.5 Å². The topological polar surface area (TPSA) is 66.5 Å². The van der Waals surface area contributed by atoms with E-state index in [1.54, 1.807) is 0 Å². The predicted molar refractivity (Wildman–Crippen MR) is 75.6 cm³/mol. The van der Waals surface area contributed by atoms with Crippen molar-refractivity contribution >= 4 is 22.7 Å². The van der Waals surface area contributed by atoms with Gasteiger partial charge in [0, 0.05) is 5.69 Å². The molecule has 0 bridgehead atoms. The lowest BCUT2D eigenvalue weighted by molar-refractivity contribution is 1.08. The van der Waals surface area contributed by atoms with Gasteiger partial charge in [-0.3, -0.25) is 0 Å². The molecule has 2 N–H and O–H groups in total. The van der Waals surface area contributed by atoms with Crippen LogP contribution in [-0.4, -0.2) is 19.9 Å². The average molecular weight is 253 g/mol. The Morgan fingerprint density at radius 2 is 1.68 bits per heavy atom. The predicted octanol–water partition coefficient (Wildman–Crippen LogP) is 3.02. The quantitative estimate of drug-likeness (QED) is 0.736. The molecule has 0 aliphatic carbocycles. The van der Waals surface area contributed by atoms with E-state index < -0.39 is 0 Å². The smallest absolute Gasteiger partial charge is 0.183 e. The van der Waals surface area contributed by atoms with Crippen molar-refractivity contribution in [1.29, 1.82) is 0 Å². The third-order valence-corrected chi connectivity index (χ3v) is 2.90. The van der Waals surface area contributed by atoms with Gasteiger partial charge in [0.2, 0.25) is 0 Å². The summed E-state index contributed by atoms with van der Waals surface area (Å²) < 4.78 is 0. The van der Waals surface area contributed by atoms with Crippen molar-refractivity contribution in [2.45, 2.75) is 20.8 Å². The first-order chi connectivity index (χ1) is 9.11. The van der Waals surface area contributed by atoms with E-state index in [1.807, 2.05) is 26.0 Å². The summed E-state index contributed by atoms with van der Waals surface area (Å²) in [7, 11) is 0. The second-order valence-corrected chi connectivity index (χ2v) is 4.63. The number of hydrogen-bond donors (Lipinski definition) is 2. The lowest BCUT2D eigenvalue weighted by Gasteiger charge is -2.07. The zero-order valence-corrected chi connectivity index (χ0v) is 11.2. The maximum Gasteiger partial charge on any atom is 0.183 e. The zero-order valence-electron chi connectivity index (χ0n) is 11.2. The summed E-state index contributed by atoms with van der Waals surface area (Å²) in [6, 6.07) is 8.18. The summed E-state index contributed by atoms with van der Waals surface area (Å²) in [4.78, 5) is 16.3. The van der Waals surface area contributed by atoms with E-state index in [9.17, 15) is 0 Å². The van der Waals surface area contributed by atoms with Crippen LogP contribution in [0.5, 0.6) is 0 Å². The van der Waals surface area contributed by atoms with Crippen molar-refractivity contribution in [3.05, 3.63) is 41.5 Å². The highest BCUT2D eigenvalue weighted by molar-refractivity contribution is 5.85. The molecular formula is C14H15N5. The summed E-state index contributed by atoms with van der Waals surface area (Å²) in [6.45, 7) is 5.84. The van der Waals surface area contributed by atoms with Gasteiger partial charge in [-0.05, 0) is 32.9 Å². The van der Waals surface area contributed by atoms with Crippen LogP contribution in [0.25, 0.3) is 11.2 Å². The van der Waals surface area contributed by atoms with Crippen LogP contribution in [0.1, 0.15) is 17.2 Å². The lowest BCUT2D eigenvalue weighted by Crippen LogP contribution is -1.98. The fraction of sp³-hybridized carbons (Fsp3) is 0.214. The molecular weight excluding hydrogens is 238 g/mol. The van der Waals surface area contributed by atoms with Gasteiger partial charge in [0.05, 0.1) is 0 Å². The van der Waals surface area contributed by atoms with Gasteiger partial charge in [-0.25, -0.2) is 15.0 Å². The van der Waals surface area contributed by atoms with Crippen LogP contribution in [0, 0.1) is 20.8 Å². The molecule has 2 heterocycles. The molecule has 0 saturated carbocycles. The molecule has 2 aromatic heterocycles. The minimum Gasteiger partial charge on any atom is -0.338 e. The van der Waals surface area contributed by atoms with Gasteiger partial charge in [0.25, 0.3) is 0 Å². The molecule has 3 rings (SSSR count). The van der Waals surface area contributed by atoms with E-state index in [-0.39, 0.29) is 0 Å². The number of aryl methyl sites for hydroxylation is 3. The highest BCUT2D eigenvalue weighted by Crippen LogP contribution is 2.22. The average Bonchev–Trinajstić information content (AvgIpc) is 2.72. The summed E-state index contributed by atoms with van der Waals surface area (Å²) in [5.74, 6) is 2.29. The van der Waals surface area contributed by atoms with E-state index in [1.165, 1.54) is 5.56 Å². The van der Waals surface area contributed by atoms with Gasteiger partial charge in [-0.2, -0.15) is 0 Å². The van der Waals surface area contributed by atoms with Gasteiger partial charge >= 0.3 is 0 Å². The minimum absolute atomic E-state index is 0.694. The fourth-order valence-corrected chi connectivity index (χ4v) is 1.99. The number of aromatic amines is 1. The number of fused-ring (bicyclic) bond motifs is 1. The first kappa shape index (κ1) is 11.6. The Hall–Kier alpha value is -2.43. The van der Waals surface area contributed by atoms with Gasteiger partial charge in [-0.1, -0.05) is 17.7 Å². The maximum absolute atomic E-state index is 4.44. The van der Waals surface area contributed by atoms with Crippen molar-refractivity contribution in [3.8, 4) is 0 Å². The molecule has 1 aromatic carbocycles. The molecule has 0 fully saturated rings. The van der Waals surface area contributed by atoms with Crippen molar-refractivity contribution in [2.75, 3.05) is 5.32 Å². The number of anilines is 2. The van der Waals surface area contributed by atoms with E-state index in [0.717, 1.165) is 22.8 Å². The molecule has 0 aliphatic heterocycles. The lowest BCUT2D eigenvalue weighted by atomic mass is 10.2. The van der Waals surface area contributed by atoms with Crippen molar-refractivity contribution in [3.63, 3.8) is 0 Å². The molecule has 0 unspecified atom stereocenters. The van der Waals surface area contributed by atoms with Crippen molar-refractivity contribution < 1.29 is 0 Å². The van der Waals surface area contributed by atoms with Crippen molar-refractivity contribution in [1.82, 2.24) is 19.9 Å². The number of benzene rings is 1. The molecule has 0 amide bonds. The van der Waals surface area contributed by atoms with E-state index in [0.29, 0.717) is 11.5 Å². The molecule has 19 heavy (non-hydrogen) atoms. The second kappa shape index (κ2) is 4.35. The van der Waals surface area contributed by atoms with Crippen LogP contribution < -0.4 is 5.32 Å². The molecule has 96 valence electrons. The molecule has 3 aromatic rings. The Morgan fingerprint density at radius 3 is 2.42 bits per heavy atom.